The van der Waals surface area contributed by atoms with Crippen LogP contribution in [0, 0.1) is 0 Å². The van der Waals surface area contributed by atoms with Crippen LogP contribution in [0.1, 0.15) is 65.2 Å². The number of carbonyl (C=O) groups is 6. The van der Waals surface area contributed by atoms with E-state index in [1.54, 1.807) is 93.7 Å². The maximum absolute atomic E-state index is 14.5. The van der Waals surface area contributed by atoms with Gasteiger partial charge in [0.15, 0.2) is 18.5 Å². The zero-order chi connectivity index (χ0) is 45.8. The molecular formula is C48H50N5O10S+. The number of aromatic nitrogens is 1. The van der Waals surface area contributed by atoms with Crippen molar-refractivity contribution in [1.82, 2.24) is 10.2 Å². The largest absolute Gasteiger partial charge is 0.514 e. The maximum Gasteiger partial charge on any atom is 0.514 e. The number of carbonyl (C=O) groups excluding carboxylic acids is 6. The van der Waals surface area contributed by atoms with E-state index in [9.17, 15) is 28.8 Å². The number of ether oxygens (including phenoxy) is 4. The van der Waals surface area contributed by atoms with Crippen molar-refractivity contribution in [3.63, 3.8) is 0 Å². The lowest BCUT2D eigenvalue weighted by Crippen LogP contribution is -2.70. The van der Waals surface area contributed by atoms with Gasteiger partial charge in [-0.1, -0.05) is 60.7 Å². The van der Waals surface area contributed by atoms with Crippen LogP contribution in [0.3, 0.4) is 0 Å². The number of thioether (sulfide) groups is 1. The van der Waals surface area contributed by atoms with E-state index in [-0.39, 0.29) is 35.6 Å². The third kappa shape index (κ3) is 11.0. The van der Waals surface area contributed by atoms with Crippen molar-refractivity contribution in [2.24, 2.45) is 0 Å². The minimum absolute atomic E-state index is 0.000345. The molecule has 2 N–H and O–H groups in total. The predicted octanol–water partition coefficient (Wildman–Crippen LogP) is 6.99. The molecule has 0 unspecified atom stereocenters. The summed E-state index contributed by atoms with van der Waals surface area (Å²) in [7, 11) is 0. The summed E-state index contributed by atoms with van der Waals surface area (Å²) in [5.41, 5.74) is 1.85. The third-order valence-corrected chi connectivity index (χ3v) is 11.3. The highest BCUT2D eigenvalue weighted by Gasteiger charge is 2.55. The number of hydrogen-bond donors (Lipinski definition) is 2. The van der Waals surface area contributed by atoms with Gasteiger partial charge in [0.05, 0.1) is 0 Å². The lowest BCUT2D eigenvalue weighted by molar-refractivity contribution is -0.683. The SMILES string of the molecule is CC(C)(C)OC(=O)N[C@@H]1C(=O)N2C(C(=O)OC(c3ccccc3)c3ccccc3)=C(/C=C3\CCN(c4ccc[n+](CC(=O)Nc5ccc(OC(=O)OC(C)(C)C)cc5)c4)C3=O)CS[C@H]12. The van der Waals surface area contributed by atoms with Crippen LogP contribution in [0.2, 0.25) is 0 Å². The maximum atomic E-state index is 14.5. The quantitative estimate of drug-likeness (QED) is 0.0397. The van der Waals surface area contributed by atoms with Crippen LogP contribution >= 0.6 is 11.8 Å². The Balaban J connectivity index is 1.09. The number of allylic oxidation sites excluding steroid dienone is 1. The zero-order valence-electron chi connectivity index (χ0n) is 36.4. The summed E-state index contributed by atoms with van der Waals surface area (Å²) in [6.45, 7) is 10.6. The van der Waals surface area contributed by atoms with E-state index in [1.165, 1.54) is 28.8 Å². The smallest absolute Gasteiger partial charge is 0.448 e. The first-order valence-corrected chi connectivity index (χ1v) is 21.8. The van der Waals surface area contributed by atoms with E-state index in [2.05, 4.69) is 10.6 Å². The number of benzene rings is 3. The second-order valence-electron chi connectivity index (χ2n) is 17.3. The number of nitrogens with zero attached hydrogens (tertiary/aromatic N) is 3. The number of pyridine rings is 1. The Morgan fingerprint density at radius 3 is 2.11 bits per heavy atom. The molecule has 2 atom stereocenters. The van der Waals surface area contributed by atoms with Crippen LogP contribution in [0.15, 0.2) is 132 Å². The number of β-lactam (4-membered cyclic amide) rings is 1. The van der Waals surface area contributed by atoms with Gasteiger partial charge in [0, 0.05) is 29.6 Å². The number of rotatable bonds is 11. The second-order valence-corrected chi connectivity index (χ2v) is 18.4. The van der Waals surface area contributed by atoms with Crippen molar-refractivity contribution in [2.75, 3.05) is 22.5 Å². The van der Waals surface area contributed by atoms with Gasteiger partial charge in [-0.3, -0.25) is 19.3 Å². The second kappa shape index (κ2) is 18.8. The van der Waals surface area contributed by atoms with Gasteiger partial charge >= 0.3 is 18.2 Å². The average molecular weight is 889 g/mol. The highest BCUT2D eigenvalue weighted by atomic mass is 32.2. The summed E-state index contributed by atoms with van der Waals surface area (Å²) in [6, 6.07) is 27.4. The molecule has 15 nitrogen and oxygen atoms in total. The number of fused-ring (bicyclic) bond motifs is 1. The topological polar surface area (TPSA) is 174 Å². The fourth-order valence-electron chi connectivity index (χ4n) is 7.24. The first-order valence-electron chi connectivity index (χ1n) is 20.7. The predicted molar refractivity (Wildman–Crippen MR) is 238 cm³/mol. The summed E-state index contributed by atoms with van der Waals surface area (Å²) in [5.74, 6) is -1.40. The Morgan fingerprint density at radius 1 is 0.844 bits per heavy atom. The monoisotopic (exact) mass is 888 g/mol. The Morgan fingerprint density at radius 2 is 1.48 bits per heavy atom. The van der Waals surface area contributed by atoms with E-state index >= 15 is 0 Å². The van der Waals surface area contributed by atoms with E-state index in [4.69, 9.17) is 18.9 Å². The molecule has 16 heteroatoms. The van der Waals surface area contributed by atoms with Gasteiger partial charge in [-0.25, -0.2) is 14.4 Å². The molecule has 0 aliphatic carbocycles. The molecule has 3 aliphatic rings. The fourth-order valence-corrected chi connectivity index (χ4v) is 8.54. The van der Waals surface area contributed by atoms with Gasteiger partial charge in [-0.15, -0.1) is 11.8 Å². The molecule has 4 aromatic rings. The van der Waals surface area contributed by atoms with E-state index in [0.717, 1.165) is 11.1 Å². The standard InChI is InChI=1S/C48H49N5O10S/c1-47(2,3)62-45(58)50-38-42(56)53-39(44(57)61-40(30-14-9-7-10-15-30)31-16-11-8-12-17-31)33(29-64-43(38)53)26-32-23-25-52(41(32)55)35-18-13-24-51(27-35)28-37(54)49-34-19-21-36(22-20-34)60-46(59)63-48(4,5)6/h7-22,24,26-27,38,40,43H,23,25,28-29H2,1-6H3,(H-,49,50,54,58)/p+1/b32-26+/t38-,43-/m1/s1. The molecule has 0 saturated carbocycles. The molecule has 2 saturated heterocycles. The van der Waals surface area contributed by atoms with Crippen LogP contribution in [0.4, 0.5) is 21.0 Å². The molecule has 4 amide bonds. The Kier molecular flexibility index (Phi) is 13.3. The lowest BCUT2D eigenvalue weighted by Gasteiger charge is -2.49. The Hall–Kier alpha value is -6.94. The number of alkyl carbamates (subject to hydrolysis) is 1. The Labute approximate surface area is 375 Å². The molecule has 0 bridgehead atoms. The Bertz CT molecular complexity index is 2460. The molecule has 1 aromatic heterocycles. The van der Waals surface area contributed by atoms with Crippen LogP contribution < -0.4 is 24.8 Å². The minimum Gasteiger partial charge on any atom is -0.448 e. The van der Waals surface area contributed by atoms with Crippen LogP contribution in [-0.2, 0) is 39.9 Å². The highest BCUT2D eigenvalue weighted by Crippen LogP contribution is 2.43. The normalized spacial score (nSPS) is 18.0. The number of amides is 4. The number of nitrogens with one attached hydrogen (secondary N) is 2. The molecule has 3 aliphatic heterocycles. The first kappa shape index (κ1) is 45.1. The minimum atomic E-state index is -0.947. The molecule has 2 fully saturated rings. The lowest BCUT2D eigenvalue weighted by atomic mass is 10.00. The third-order valence-electron chi connectivity index (χ3n) is 9.98. The van der Waals surface area contributed by atoms with Crippen molar-refractivity contribution in [1.29, 1.82) is 0 Å². The molecule has 0 spiro atoms. The molecule has 0 radical (unpaired) electrons. The molecule has 7 rings (SSSR count). The van der Waals surface area contributed by atoms with Gasteiger partial charge < -0.3 is 34.5 Å². The van der Waals surface area contributed by atoms with E-state index in [0.29, 0.717) is 35.5 Å². The van der Waals surface area contributed by atoms with E-state index in [1.807, 2.05) is 60.7 Å². The van der Waals surface area contributed by atoms with Crippen molar-refractivity contribution < 1.29 is 52.3 Å². The van der Waals surface area contributed by atoms with Gasteiger partial charge in [-0.2, -0.15) is 4.57 Å². The summed E-state index contributed by atoms with van der Waals surface area (Å²) in [6.07, 6.45) is 3.02. The van der Waals surface area contributed by atoms with Crippen molar-refractivity contribution in [2.45, 2.75) is 83.2 Å². The van der Waals surface area contributed by atoms with Crippen molar-refractivity contribution >= 4 is 59.1 Å². The first-order chi connectivity index (χ1) is 30.4. The summed E-state index contributed by atoms with van der Waals surface area (Å²) in [4.78, 5) is 83.2. The molecular weight excluding hydrogens is 839 g/mol. The summed E-state index contributed by atoms with van der Waals surface area (Å²) >= 11 is 1.35. The van der Waals surface area contributed by atoms with Crippen molar-refractivity contribution in [3.05, 3.63) is 144 Å². The average Bonchev–Trinajstić information content (AvgIpc) is 3.60. The van der Waals surface area contributed by atoms with Crippen LogP contribution in [0.5, 0.6) is 5.75 Å². The summed E-state index contributed by atoms with van der Waals surface area (Å²) in [5, 5.41) is 4.86. The zero-order valence-corrected chi connectivity index (χ0v) is 37.2. The van der Waals surface area contributed by atoms with Gasteiger partial charge in [0.2, 0.25) is 6.54 Å². The number of esters is 1. The summed E-state index contributed by atoms with van der Waals surface area (Å²) < 4.78 is 23.7. The molecule has 4 heterocycles. The number of anilines is 2. The van der Waals surface area contributed by atoms with Crippen LogP contribution in [-0.4, -0.2) is 75.8 Å². The van der Waals surface area contributed by atoms with E-state index < -0.39 is 52.8 Å². The number of hydrogen-bond acceptors (Lipinski definition) is 11. The molecule has 3 aromatic carbocycles. The van der Waals surface area contributed by atoms with Gasteiger partial charge in [-0.05, 0) is 101 Å². The highest BCUT2D eigenvalue weighted by molar-refractivity contribution is 8.00. The van der Waals surface area contributed by atoms with Crippen LogP contribution in [0.25, 0.3) is 0 Å². The van der Waals surface area contributed by atoms with Gasteiger partial charge in [0.1, 0.15) is 39.8 Å². The van der Waals surface area contributed by atoms with Gasteiger partial charge in [0.25, 0.3) is 17.7 Å². The fraction of sp³-hybridized carbons (Fsp3) is 0.312. The molecule has 332 valence electrons. The molecule has 64 heavy (non-hydrogen) atoms. The van der Waals surface area contributed by atoms with Crippen molar-refractivity contribution in [3.8, 4) is 5.75 Å².